The van der Waals surface area contributed by atoms with Crippen LogP contribution >= 0.6 is 11.8 Å². The van der Waals surface area contributed by atoms with E-state index >= 15 is 0 Å². The van der Waals surface area contributed by atoms with E-state index in [1.54, 1.807) is 18.9 Å². The first-order chi connectivity index (χ1) is 7.25. The summed E-state index contributed by atoms with van der Waals surface area (Å²) in [6.07, 6.45) is 2.85. The van der Waals surface area contributed by atoms with Gasteiger partial charge in [-0.25, -0.2) is 4.98 Å². The lowest BCUT2D eigenvalue weighted by Crippen LogP contribution is -2.07. The van der Waals surface area contributed by atoms with Gasteiger partial charge in [-0.1, -0.05) is 6.07 Å². The number of thioether (sulfide) groups is 1. The summed E-state index contributed by atoms with van der Waals surface area (Å²) in [4.78, 5) is 4.34. The van der Waals surface area contributed by atoms with Crippen LogP contribution in [0.2, 0.25) is 0 Å². The van der Waals surface area contributed by atoms with Crippen LogP contribution in [0.15, 0.2) is 23.4 Å². The van der Waals surface area contributed by atoms with E-state index < -0.39 is 0 Å². The average molecular weight is 226 g/mol. The molecule has 0 bridgehead atoms. The lowest BCUT2D eigenvalue weighted by molar-refractivity contribution is 0.200. The molecule has 1 rings (SSSR count). The molecule has 0 aromatic carbocycles. The highest BCUT2D eigenvalue weighted by Crippen LogP contribution is 2.24. The number of ether oxygens (including phenoxy) is 1. The first-order valence-corrected chi connectivity index (χ1v) is 6.06. The molecule has 15 heavy (non-hydrogen) atoms. The summed E-state index contributed by atoms with van der Waals surface area (Å²) >= 11 is 1.74. The van der Waals surface area contributed by atoms with Crippen LogP contribution in [0.1, 0.15) is 24.9 Å². The molecule has 1 aromatic heterocycles. The van der Waals surface area contributed by atoms with Crippen LogP contribution in [0.5, 0.6) is 0 Å². The number of pyridine rings is 1. The van der Waals surface area contributed by atoms with Gasteiger partial charge in [0.2, 0.25) is 0 Å². The summed E-state index contributed by atoms with van der Waals surface area (Å²) in [6, 6.07) is 4.01. The molecule has 0 radical (unpaired) electrons. The molecule has 84 valence electrons. The van der Waals surface area contributed by atoms with Gasteiger partial charge in [0, 0.05) is 37.3 Å². The van der Waals surface area contributed by atoms with Crippen molar-refractivity contribution < 1.29 is 4.74 Å². The number of hydrogen-bond acceptors (Lipinski definition) is 4. The van der Waals surface area contributed by atoms with E-state index in [0.29, 0.717) is 0 Å². The monoisotopic (exact) mass is 226 g/mol. The van der Waals surface area contributed by atoms with Crippen molar-refractivity contribution in [3.8, 4) is 0 Å². The number of nitrogens with zero attached hydrogens (tertiary/aromatic N) is 1. The molecule has 0 saturated carbocycles. The van der Waals surface area contributed by atoms with Crippen molar-refractivity contribution in [1.29, 1.82) is 0 Å². The molecule has 4 heteroatoms. The molecule has 0 aliphatic heterocycles. The van der Waals surface area contributed by atoms with Gasteiger partial charge in [0.1, 0.15) is 5.03 Å². The smallest absolute Gasteiger partial charge is 0.101 e. The van der Waals surface area contributed by atoms with Gasteiger partial charge in [0.05, 0.1) is 0 Å². The Bertz CT molecular complexity index is 292. The second kappa shape index (κ2) is 6.82. The van der Waals surface area contributed by atoms with Crippen LogP contribution in [-0.4, -0.2) is 24.5 Å². The fourth-order valence-electron chi connectivity index (χ4n) is 1.24. The number of rotatable bonds is 6. The number of aromatic nitrogens is 1. The molecule has 1 heterocycles. The third-order valence-corrected chi connectivity index (χ3v) is 3.13. The lowest BCUT2D eigenvalue weighted by atomic mass is 10.2. The fourth-order valence-corrected chi connectivity index (χ4v) is 2.25. The minimum absolute atomic E-state index is 0.0450. The Hall–Kier alpha value is -0.580. The molecule has 0 aliphatic rings. The molecule has 1 atom stereocenters. The third kappa shape index (κ3) is 4.20. The molecular formula is C11H18N2OS. The minimum atomic E-state index is 0.0450. The first-order valence-electron chi connectivity index (χ1n) is 5.08. The number of hydrogen-bond donors (Lipinski definition) is 1. The topological polar surface area (TPSA) is 48.1 Å². The maximum Gasteiger partial charge on any atom is 0.101 e. The summed E-state index contributed by atoms with van der Waals surface area (Å²) in [5.41, 5.74) is 6.99. The zero-order chi connectivity index (χ0) is 11.1. The van der Waals surface area contributed by atoms with Gasteiger partial charge in [-0.2, -0.15) is 0 Å². The normalized spacial score (nSPS) is 12.7. The predicted molar refractivity (Wildman–Crippen MR) is 64.1 cm³/mol. The summed E-state index contributed by atoms with van der Waals surface area (Å²) in [6.45, 7) is 2.78. The van der Waals surface area contributed by atoms with Crippen molar-refractivity contribution in [2.75, 3.05) is 19.5 Å². The van der Waals surface area contributed by atoms with Gasteiger partial charge >= 0.3 is 0 Å². The highest BCUT2D eigenvalue weighted by atomic mass is 32.2. The molecule has 0 saturated heterocycles. The second-order valence-electron chi connectivity index (χ2n) is 3.38. The van der Waals surface area contributed by atoms with Gasteiger partial charge in [0.25, 0.3) is 0 Å². The van der Waals surface area contributed by atoms with Crippen LogP contribution < -0.4 is 5.73 Å². The van der Waals surface area contributed by atoms with E-state index in [2.05, 4.69) is 4.98 Å². The van der Waals surface area contributed by atoms with Gasteiger partial charge in [-0.15, -0.1) is 11.8 Å². The molecule has 2 N–H and O–H groups in total. The van der Waals surface area contributed by atoms with Crippen LogP contribution in [0.3, 0.4) is 0 Å². The number of methoxy groups -OCH3 is 1. The Morgan fingerprint density at radius 1 is 1.60 bits per heavy atom. The van der Waals surface area contributed by atoms with Crippen molar-refractivity contribution in [2.45, 2.75) is 24.4 Å². The third-order valence-electron chi connectivity index (χ3n) is 2.02. The summed E-state index contributed by atoms with van der Waals surface area (Å²) < 4.78 is 5.00. The van der Waals surface area contributed by atoms with Crippen molar-refractivity contribution in [3.05, 3.63) is 23.9 Å². The predicted octanol–water partition coefficient (Wildman–Crippen LogP) is 2.23. The van der Waals surface area contributed by atoms with Crippen molar-refractivity contribution in [2.24, 2.45) is 5.73 Å². The van der Waals surface area contributed by atoms with Crippen LogP contribution in [0.4, 0.5) is 0 Å². The molecule has 0 fully saturated rings. The van der Waals surface area contributed by atoms with Crippen LogP contribution in [0, 0.1) is 0 Å². The Morgan fingerprint density at radius 2 is 2.40 bits per heavy atom. The Balaban J connectivity index is 2.52. The molecule has 1 aromatic rings. The zero-order valence-corrected chi connectivity index (χ0v) is 10.1. The van der Waals surface area contributed by atoms with E-state index in [1.807, 2.05) is 25.3 Å². The van der Waals surface area contributed by atoms with Gasteiger partial charge < -0.3 is 10.5 Å². The van der Waals surface area contributed by atoms with Crippen molar-refractivity contribution in [1.82, 2.24) is 4.98 Å². The average Bonchev–Trinajstić information content (AvgIpc) is 2.25. The highest BCUT2D eigenvalue weighted by molar-refractivity contribution is 7.99. The van der Waals surface area contributed by atoms with Gasteiger partial charge in [0.15, 0.2) is 0 Å². The van der Waals surface area contributed by atoms with E-state index in [-0.39, 0.29) is 6.04 Å². The summed E-state index contributed by atoms with van der Waals surface area (Å²) in [5.74, 6) is 1.02. The molecule has 3 nitrogen and oxygen atoms in total. The maximum absolute atomic E-state index is 5.87. The molecule has 0 unspecified atom stereocenters. The van der Waals surface area contributed by atoms with E-state index in [9.17, 15) is 0 Å². The zero-order valence-electron chi connectivity index (χ0n) is 9.27. The van der Waals surface area contributed by atoms with Crippen molar-refractivity contribution in [3.63, 3.8) is 0 Å². The maximum atomic E-state index is 5.87. The number of nitrogens with two attached hydrogens (primary N) is 1. The standard InChI is InChI=1S/C11H18N2OS/c1-9(12)10-5-3-6-13-11(10)15-8-4-7-14-2/h3,5-6,9H,4,7-8,12H2,1-2H3/t9-/m1/s1. The van der Waals surface area contributed by atoms with Crippen LogP contribution in [-0.2, 0) is 4.74 Å². The SMILES string of the molecule is COCCCSc1ncccc1[C@@H](C)N. The van der Waals surface area contributed by atoms with E-state index in [1.165, 1.54) is 0 Å². The Morgan fingerprint density at radius 3 is 3.07 bits per heavy atom. The molecule has 0 spiro atoms. The second-order valence-corrected chi connectivity index (χ2v) is 4.46. The molecular weight excluding hydrogens is 208 g/mol. The quantitative estimate of drug-likeness (QED) is 0.597. The van der Waals surface area contributed by atoms with Gasteiger partial charge in [-0.05, 0) is 19.4 Å². The Labute approximate surface area is 95.4 Å². The molecule has 0 amide bonds. The Kier molecular flexibility index (Phi) is 5.68. The minimum Gasteiger partial charge on any atom is -0.385 e. The van der Waals surface area contributed by atoms with Crippen molar-refractivity contribution >= 4 is 11.8 Å². The molecule has 0 aliphatic carbocycles. The lowest BCUT2D eigenvalue weighted by Gasteiger charge is -2.10. The highest BCUT2D eigenvalue weighted by Gasteiger charge is 2.07. The van der Waals surface area contributed by atoms with Crippen LogP contribution in [0.25, 0.3) is 0 Å². The first kappa shape index (κ1) is 12.5. The largest absolute Gasteiger partial charge is 0.385 e. The van der Waals surface area contributed by atoms with E-state index in [0.717, 1.165) is 29.4 Å². The van der Waals surface area contributed by atoms with E-state index in [4.69, 9.17) is 10.5 Å². The summed E-state index contributed by atoms with van der Waals surface area (Å²) in [5, 5.41) is 1.05. The fraction of sp³-hybridized carbons (Fsp3) is 0.545. The summed E-state index contributed by atoms with van der Waals surface area (Å²) in [7, 11) is 1.72. The van der Waals surface area contributed by atoms with Gasteiger partial charge in [-0.3, -0.25) is 0 Å².